The van der Waals surface area contributed by atoms with Crippen LogP contribution in [0.5, 0.6) is 5.75 Å². The third-order valence-electron chi connectivity index (χ3n) is 1.54. The Labute approximate surface area is 85.3 Å². The van der Waals surface area contributed by atoms with E-state index in [2.05, 4.69) is 4.74 Å². The predicted molar refractivity (Wildman–Crippen MR) is 49.7 cm³/mol. The quantitative estimate of drug-likeness (QED) is 0.344. The van der Waals surface area contributed by atoms with Gasteiger partial charge in [0, 0.05) is 5.56 Å². The average molecular weight is 208 g/mol. The number of carbonyl (C=O) groups excluding carboxylic acids is 2. The summed E-state index contributed by atoms with van der Waals surface area (Å²) in [6.45, 7) is 0. The number of hydrogen-bond acceptors (Lipinski definition) is 4. The van der Waals surface area contributed by atoms with E-state index in [9.17, 15) is 14.4 Å². The first-order valence-electron chi connectivity index (χ1n) is 4.09. The zero-order valence-electron chi connectivity index (χ0n) is 7.67. The van der Waals surface area contributed by atoms with E-state index in [1.54, 1.807) is 0 Å². The lowest BCUT2D eigenvalue weighted by Crippen LogP contribution is -2.13. The van der Waals surface area contributed by atoms with Crippen LogP contribution in [0.2, 0.25) is 0 Å². The molecule has 0 heterocycles. The number of benzene rings is 1. The molecule has 0 aliphatic rings. The number of aliphatic carboxylic acids is 1. The van der Waals surface area contributed by atoms with Crippen molar-refractivity contribution in [3.63, 3.8) is 0 Å². The molecule has 0 spiro atoms. The fourth-order valence-corrected chi connectivity index (χ4v) is 0.905. The van der Waals surface area contributed by atoms with Crippen molar-refractivity contribution in [1.29, 1.82) is 0 Å². The Hall–Kier alpha value is -2.17. The van der Waals surface area contributed by atoms with Gasteiger partial charge in [-0.05, 0) is 24.3 Å². The molecule has 1 N–H and O–H groups in total. The molecule has 1 aromatic rings. The molecule has 0 aliphatic heterocycles. The molecule has 0 atom stereocenters. The lowest BCUT2D eigenvalue weighted by molar-refractivity contribution is -0.145. The van der Waals surface area contributed by atoms with Crippen LogP contribution in [-0.4, -0.2) is 23.3 Å². The van der Waals surface area contributed by atoms with Gasteiger partial charge in [-0.15, -0.1) is 0 Å². The Morgan fingerprint density at radius 1 is 1.27 bits per heavy atom. The zero-order valence-corrected chi connectivity index (χ0v) is 7.67. The summed E-state index contributed by atoms with van der Waals surface area (Å²) in [5.41, 5.74) is 0.452. The van der Waals surface area contributed by atoms with E-state index < -0.39 is 18.4 Å². The van der Waals surface area contributed by atoms with E-state index in [0.717, 1.165) is 0 Å². The Balaban J connectivity index is 2.61. The van der Waals surface area contributed by atoms with Crippen molar-refractivity contribution in [1.82, 2.24) is 0 Å². The number of ether oxygens (including phenoxy) is 1. The van der Waals surface area contributed by atoms with Crippen LogP contribution < -0.4 is 4.74 Å². The minimum Gasteiger partial charge on any atom is -0.481 e. The summed E-state index contributed by atoms with van der Waals surface area (Å²) in [5, 5.41) is 8.30. The van der Waals surface area contributed by atoms with Gasteiger partial charge in [0.05, 0.1) is 0 Å². The van der Waals surface area contributed by atoms with Gasteiger partial charge < -0.3 is 9.84 Å². The summed E-state index contributed by atoms with van der Waals surface area (Å²) in [6, 6.07) is 5.78. The lowest BCUT2D eigenvalue weighted by Gasteiger charge is -2.01. The third-order valence-corrected chi connectivity index (χ3v) is 1.54. The molecule has 78 valence electrons. The predicted octanol–water partition coefficient (Wildman–Crippen LogP) is 0.879. The summed E-state index contributed by atoms with van der Waals surface area (Å²) >= 11 is 0. The fraction of sp³-hybridized carbons (Fsp3) is 0.100. The fourth-order valence-electron chi connectivity index (χ4n) is 0.905. The highest BCUT2D eigenvalue weighted by Crippen LogP contribution is 2.11. The molecule has 1 aromatic carbocycles. The molecule has 0 bridgehead atoms. The van der Waals surface area contributed by atoms with Crippen molar-refractivity contribution >= 4 is 18.2 Å². The topological polar surface area (TPSA) is 80.7 Å². The highest BCUT2D eigenvalue weighted by atomic mass is 16.5. The van der Waals surface area contributed by atoms with Gasteiger partial charge in [-0.3, -0.25) is 14.4 Å². The summed E-state index contributed by atoms with van der Waals surface area (Å²) in [7, 11) is 0. The molecule has 15 heavy (non-hydrogen) atoms. The minimum absolute atomic E-state index is 0.215. The molecular formula is C10H8O5. The highest BCUT2D eigenvalue weighted by Gasteiger charge is 2.09. The van der Waals surface area contributed by atoms with Gasteiger partial charge in [0.1, 0.15) is 18.5 Å². The maximum absolute atomic E-state index is 10.9. The largest absolute Gasteiger partial charge is 0.481 e. The van der Waals surface area contributed by atoms with E-state index in [1.807, 2.05) is 0 Å². The molecule has 5 nitrogen and oxygen atoms in total. The average Bonchev–Trinajstić information content (AvgIpc) is 2.17. The second kappa shape index (κ2) is 4.90. The Bertz CT molecular complexity index is 379. The second-order valence-corrected chi connectivity index (χ2v) is 2.73. The van der Waals surface area contributed by atoms with Crippen molar-refractivity contribution in [3.05, 3.63) is 29.8 Å². The van der Waals surface area contributed by atoms with Crippen molar-refractivity contribution in [3.8, 4) is 5.75 Å². The van der Waals surface area contributed by atoms with E-state index in [-0.39, 0.29) is 5.75 Å². The second-order valence-electron chi connectivity index (χ2n) is 2.73. The normalized spacial score (nSPS) is 9.33. The van der Waals surface area contributed by atoms with Crippen LogP contribution in [0.1, 0.15) is 16.8 Å². The van der Waals surface area contributed by atoms with Gasteiger partial charge >= 0.3 is 11.9 Å². The lowest BCUT2D eigenvalue weighted by atomic mass is 10.2. The Morgan fingerprint density at radius 3 is 2.33 bits per heavy atom. The molecule has 0 amide bonds. The van der Waals surface area contributed by atoms with Gasteiger partial charge in [0.25, 0.3) is 0 Å². The zero-order chi connectivity index (χ0) is 11.3. The summed E-state index contributed by atoms with van der Waals surface area (Å²) in [4.78, 5) is 31.4. The highest BCUT2D eigenvalue weighted by molar-refractivity contribution is 5.91. The molecule has 0 radical (unpaired) electrons. The van der Waals surface area contributed by atoms with Crippen molar-refractivity contribution in [2.45, 2.75) is 6.42 Å². The number of carboxylic acids is 1. The maximum Gasteiger partial charge on any atom is 0.322 e. The monoisotopic (exact) mass is 208 g/mol. The number of carbonyl (C=O) groups is 3. The molecule has 0 aliphatic carbocycles. The Kier molecular flexibility index (Phi) is 3.56. The van der Waals surface area contributed by atoms with E-state index in [1.165, 1.54) is 24.3 Å². The van der Waals surface area contributed by atoms with Gasteiger partial charge in [0.15, 0.2) is 0 Å². The number of rotatable bonds is 4. The third kappa shape index (κ3) is 3.60. The first-order valence-corrected chi connectivity index (χ1v) is 4.09. The summed E-state index contributed by atoms with van der Waals surface area (Å²) in [5.74, 6) is -1.88. The summed E-state index contributed by atoms with van der Waals surface area (Å²) in [6.07, 6.45) is -0.0295. The molecule has 0 fully saturated rings. The first-order chi connectivity index (χ1) is 7.11. The van der Waals surface area contributed by atoms with Crippen LogP contribution in [0.25, 0.3) is 0 Å². The van der Waals surface area contributed by atoms with Gasteiger partial charge in [-0.25, -0.2) is 0 Å². The first kappa shape index (κ1) is 10.9. The van der Waals surface area contributed by atoms with Crippen molar-refractivity contribution < 1.29 is 24.2 Å². The number of esters is 1. The molecule has 0 unspecified atom stereocenters. The van der Waals surface area contributed by atoms with Crippen molar-refractivity contribution in [2.24, 2.45) is 0 Å². The van der Waals surface area contributed by atoms with Crippen LogP contribution in [0, 0.1) is 0 Å². The molecule has 5 heteroatoms. The smallest absolute Gasteiger partial charge is 0.322 e. The van der Waals surface area contributed by atoms with E-state index >= 15 is 0 Å². The molecule has 0 aromatic heterocycles. The van der Waals surface area contributed by atoms with Crippen molar-refractivity contribution in [2.75, 3.05) is 0 Å². The van der Waals surface area contributed by atoms with E-state index in [0.29, 0.717) is 11.8 Å². The molecule has 1 rings (SSSR count). The van der Waals surface area contributed by atoms with Gasteiger partial charge in [-0.1, -0.05) is 0 Å². The molecule has 0 saturated carbocycles. The maximum atomic E-state index is 10.9. The summed E-state index contributed by atoms with van der Waals surface area (Å²) < 4.78 is 4.69. The van der Waals surface area contributed by atoms with Crippen LogP contribution in [0.4, 0.5) is 0 Å². The van der Waals surface area contributed by atoms with Gasteiger partial charge in [0.2, 0.25) is 0 Å². The van der Waals surface area contributed by atoms with E-state index in [4.69, 9.17) is 5.11 Å². The SMILES string of the molecule is O=Cc1ccc(OC(=O)CC(=O)O)cc1. The van der Waals surface area contributed by atoms with Gasteiger partial charge in [-0.2, -0.15) is 0 Å². The van der Waals surface area contributed by atoms with Crippen LogP contribution in [0.3, 0.4) is 0 Å². The molecular weight excluding hydrogens is 200 g/mol. The molecule has 0 saturated heterocycles. The van der Waals surface area contributed by atoms with Crippen LogP contribution in [0.15, 0.2) is 24.3 Å². The van der Waals surface area contributed by atoms with Crippen LogP contribution in [-0.2, 0) is 9.59 Å². The number of hydrogen-bond donors (Lipinski definition) is 1. The standard InChI is InChI=1S/C10H8O5/c11-6-7-1-3-8(4-2-7)15-10(14)5-9(12)13/h1-4,6H,5H2,(H,12,13). The minimum atomic E-state index is -1.25. The van der Waals surface area contributed by atoms with Crippen LogP contribution >= 0.6 is 0 Å². The number of carboxylic acid groups (broad SMARTS) is 1. The number of aldehydes is 1. The Morgan fingerprint density at radius 2 is 1.87 bits per heavy atom.